The van der Waals surface area contributed by atoms with Gasteiger partial charge in [0.2, 0.25) is 0 Å². The number of carboxylic acid groups (broad SMARTS) is 1. The minimum Gasteiger partial charge on any atom is -0.476 e. The van der Waals surface area contributed by atoms with E-state index in [0.717, 1.165) is 5.39 Å². The van der Waals surface area contributed by atoms with E-state index in [1.54, 1.807) is 17.8 Å². The predicted molar refractivity (Wildman–Crippen MR) is 71.6 cm³/mol. The Bertz CT molecular complexity index is 801. The van der Waals surface area contributed by atoms with E-state index in [1.165, 1.54) is 18.1 Å². The summed E-state index contributed by atoms with van der Waals surface area (Å²) in [5.74, 6) is -1.12. The van der Waals surface area contributed by atoms with E-state index in [0.29, 0.717) is 15.6 Å². The van der Waals surface area contributed by atoms with E-state index < -0.39 is 5.97 Å². The highest BCUT2D eigenvalue weighted by Gasteiger charge is 2.19. The molecule has 0 radical (unpaired) electrons. The van der Waals surface area contributed by atoms with Gasteiger partial charge in [0.05, 0.1) is 10.4 Å². The summed E-state index contributed by atoms with van der Waals surface area (Å²) in [5, 5.41) is 22.3. The first-order chi connectivity index (χ1) is 9.66. The summed E-state index contributed by atoms with van der Waals surface area (Å²) in [6.07, 6.45) is 1.42. The van der Waals surface area contributed by atoms with Crippen molar-refractivity contribution in [3.8, 4) is 0 Å². The fourth-order valence-electron chi connectivity index (χ4n) is 1.74. The molecule has 0 saturated heterocycles. The number of benzene rings is 1. The number of aryl methyl sites for hydroxylation is 1. The number of rotatable bonds is 3. The lowest BCUT2D eigenvalue weighted by Gasteiger charge is -2.07. The van der Waals surface area contributed by atoms with E-state index in [1.807, 2.05) is 18.2 Å². The van der Waals surface area contributed by atoms with Crippen LogP contribution in [0.4, 0.5) is 0 Å². The average Bonchev–Trinajstić information content (AvgIpc) is 2.84. The van der Waals surface area contributed by atoms with Gasteiger partial charge in [-0.25, -0.2) is 14.5 Å². The Kier molecular flexibility index (Phi) is 3.07. The highest BCUT2D eigenvalue weighted by atomic mass is 32.2. The molecule has 0 spiro atoms. The molecular formula is C12H9N5O2S. The van der Waals surface area contributed by atoms with E-state index in [2.05, 4.69) is 20.3 Å². The summed E-state index contributed by atoms with van der Waals surface area (Å²) in [5.41, 5.74) is 0.555. The van der Waals surface area contributed by atoms with Crippen LogP contribution >= 0.6 is 11.8 Å². The van der Waals surface area contributed by atoms with Crippen molar-refractivity contribution in [3.63, 3.8) is 0 Å². The maximum absolute atomic E-state index is 11.3. The largest absolute Gasteiger partial charge is 0.476 e. The van der Waals surface area contributed by atoms with Gasteiger partial charge in [0, 0.05) is 12.4 Å². The Morgan fingerprint density at radius 3 is 2.80 bits per heavy atom. The Labute approximate surface area is 117 Å². The van der Waals surface area contributed by atoms with Crippen molar-refractivity contribution in [2.24, 2.45) is 7.05 Å². The van der Waals surface area contributed by atoms with Gasteiger partial charge in [0.15, 0.2) is 10.9 Å². The second-order valence-electron chi connectivity index (χ2n) is 3.97. The molecule has 0 aliphatic heterocycles. The number of carboxylic acids is 1. The van der Waals surface area contributed by atoms with Gasteiger partial charge in [0.1, 0.15) is 6.33 Å². The van der Waals surface area contributed by atoms with E-state index in [4.69, 9.17) is 0 Å². The van der Waals surface area contributed by atoms with Crippen LogP contribution in [-0.4, -0.2) is 36.0 Å². The Morgan fingerprint density at radius 2 is 2.10 bits per heavy atom. The lowest BCUT2D eigenvalue weighted by Crippen LogP contribution is -2.06. The Morgan fingerprint density at radius 1 is 1.30 bits per heavy atom. The normalized spacial score (nSPS) is 10.8. The molecule has 2 aromatic heterocycles. The number of nitrogens with zero attached hydrogens (tertiary/aromatic N) is 5. The number of aromatic nitrogens is 5. The molecule has 1 N–H and O–H groups in total. The van der Waals surface area contributed by atoms with E-state index in [-0.39, 0.29) is 5.69 Å². The van der Waals surface area contributed by atoms with E-state index >= 15 is 0 Å². The summed E-state index contributed by atoms with van der Waals surface area (Å²) in [6.45, 7) is 0. The van der Waals surface area contributed by atoms with Gasteiger partial charge in [-0.15, -0.1) is 10.2 Å². The van der Waals surface area contributed by atoms with E-state index in [9.17, 15) is 9.90 Å². The lowest BCUT2D eigenvalue weighted by atomic mass is 10.2. The molecule has 0 amide bonds. The van der Waals surface area contributed by atoms with Crippen LogP contribution in [0.3, 0.4) is 0 Å². The molecule has 0 bridgehead atoms. The third kappa shape index (κ3) is 2.10. The molecule has 1 aromatic carbocycles. The minimum absolute atomic E-state index is 0.0864. The second-order valence-corrected chi connectivity index (χ2v) is 4.95. The standard InChI is InChI=1S/C12H9N5O2S/c1-17-12(13-6-14-17)20-10-7-4-2-3-5-8(7)15-16-9(10)11(18)19/h2-6H,1H3,(H,18,19). The Hall–Kier alpha value is -2.48. The Balaban J connectivity index is 2.22. The molecule has 0 saturated carbocycles. The molecule has 8 heteroatoms. The maximum atomic E-state index is 11.3. The summed E-state index contributed by atoms with van der Waals surface area (Å²) in [7, 11) is 1.74. The van der Waals surface area contributed by atoms with Gasteiger partial charge in [-0.05, 0) is 17.8 Å². The van der Waals surface area contributed by atoms with Crippen LogP contribution in [0.25, 0.3) is 10.9 Å². The van der Waals surface area contributed by atoms with Crippen LogP contribution in [0.2, 0.25) is 0 Å². The number of hydrogen-bond acceptors (Lipinski definition) is 6. The topological polar surface area (TPSA) is 93.8 Å². The third-order valence-corrected chi connectivity index (χ3v) is 3.86. The van der Waals surface area contributed by atoms with Crippen molar-refractivity contribution in [3.05, 3.63) is 36.3 Å². The smallest absolute Gasteiger partial charge is 0.357 e. The van der Waals surface area contributed by atoms with Gasteiger partial charge in [-0.3, -0.25) is 0 Å². The molecule has 0 aliphatic carbocycles. The van der Waals surface area contributed by atoms with Gasteiger partial charge in [-0.1, -0.05) is 18.2 Å². The molecule has 2 heterocycles. The first-order valence-corrected chi connectivity index (χ1v) is 6.49. The van der Waals surface area contributed by atoms with Crippen molar-refractivity contribution >= 4 is 28.6 Å². The number of aromatic carboxylic acids is 1. The molecule has 7 nitrogen and oxygen atoms in total. The number of hydrogen-bond donors (Lipinski definition) is 1. The van der Waals surface area contributed by atoms with Crippen molar-refractivity contribution in [1.29, 1.82) is 0 Å². The van der Waals surface area contributed by atoms with Crippen LogP contribution in [0.5, 0.6) is 0 Å². The van der Waals surface area contributed by atoms with Crippen molar-refractivity contribution < 1.29 is 9.90 Å². The first-order valence-electron chi connectivity index (χ1n) is 5.67. The van der Waals surface area contributed by atoms with Crippen LogP contribution in [0.15, 0.2) is 40.6 Å². The molecule has 0 fully saturated rings. The third-order valence-electron chi connectivity index (χ3n) is 2.69. The van der Waals surface area contributed by atoms with Crippen molar-refractivity contribution in [2.75, 3.05) is 0 Å². The first kappa shape index (κ1) is 12.5. The van der Waals surface area contributed by atoms with Crippen LogP contribution in [0, 0.1) is 0 Å². The zero-order chi connectivity index (χ0) is 14.1. The highest BCUT2D eigenvalue weighted by molar-refractivity contribution is 7.99. The summed E-state index contributed by atoms with van der Waals surface area (Å²) >= 11 is 1.21. The molecule has 3 aromatic rings. The van der Waals surface area contributed by atoms with Gasteiger partial charge in [-0.2, -0.15) is 5.10 Å². The van der Waals surface area contributed by atoms with Crippen LogP contribution in [-0.2, 0) is 7.05 Å². The molecule has 20 heavy (non-hydrogen) atoms. The molecule has 0 aliphatic rings. The fourth-order valence-corrected chi connectivity index (χ4v) is 2.71. The van der Waals surface area contributed by atoms with Crippen LogP contribution in [0.1, 0.15) is 10.5 Å². The molecular weight excluding hydrogens is 278 g/mol. The lowest BCUT2D eigenvalue weighted by molar-refractivity contribution is 0.0685. The van der Waals surface area contributed by atoms with Gasteiger partial charge >= 0.3 is 5.97 Å². The van der Waals surface area contributed by atoms with Crippen LogP contribution < -0.4 is 0 Å². The number of carbonyl (C=O) groups is 1. The molecule has 0 unspecified atom stereocenters. The van der Waals surface area contributed by atoms with Gasteiger partial charge in [0.25, 0.3) is 0 Å². The summed E-state index contributed by atoms with van der Waals surface area (Å²) in [4.78, 5) is 15.9. The van der Waals surface area contributed by atoms with Crippen molar-refractivity contribution in [1.82, 2.24) is 25.0 Å². The predicted octanol–water partition coefficient (Wildman–Crippen LogP) is 1.61. The second kappa shape index (κ2) is 4.89. The summed E-state index contributed by atoms with van der Waals surface area (Å²) < 4.78 is 1.57. The average molecular weight is 287 g/mol. The summed E-state index contributed by atoms with van der Waals surface area (Å²) in [6, 6.07) is 7.26. The monoisotopic (exact) mass is 287 g/mol. The molecule has 100 valence electrons. The quantitative estimate of drug-likeness (QED) is 0.782. The molecule has 0 atom stereocenters. The van der Waals surface area contributed by atoms with Crippen molar-refractivity contribution in [2.45, 2.75) is 10.1 Å². The minimum atomic E-state index is -1.12. The highest BCUT2D eigenvalue weighted by Crippen LogP contribution is 2.33. The van der Waals surface area contributed by atoms with Gasteiger partial charge < -0.3 is 5.11 Å². The molecule has 3 rings (SSSR count). The SMILES string of the molecule is Cn1ncnc1Sc1c(C(=O)O)nnc2ccccc12. The maximum Gasteiger partial charge on any atom is 0.357 e. The fraction of sp³-hybridized carbons (Fsp3) is 0.0833. The number of fused-ring (bicyclic) bond motifs is 1. The zero-order valence-electron chi connectivity index (χ0n) is 10.4. The zero-order valence-corrected chi connectivity index (χ0v) is 11.2.